The zero-order valence-electron chi connectivity index (χ0n) is 18.3. The van der Waals surface area contributed by atoms with E-state index in [1.54, 1.807) is 16.9 Å². The Morgan fingerprint density at radius 1 is 1.30 bits per heavy atom. The molecule has 0 aliphatic carbocycles. The lowest BCUT2D eigenvalue weighted by molar-refractivity contribution is -0.131. The number of hydrogen-bond donors (Lipinski definition) is 3. The van der Waals surface area contributed by atoms with Crippen LogP contribution in [0.2, 0.25) is 0 Å². The van der Waals surface area contributed by atoms with Gasteiger partial charge in [0.15, 0.2) is 5.96 Å². The fourth-order valence-electron chi connectivity index (χ4n) is 4.36. The number of guanidine groups is 1. The third kappa shape index (κ3) is 4.86. The highest BCUT2D eigenvalue weighted by Gasteiger charge is 2.46. The first-order valence-corrected chi connectivity index (χ1v) is 10.6. The molecule has 164 valence electrons. The Kier molecular flexibility index (Phi) is 6.53. The average molecular weight is 416 g/mol. The first-order valence-electron chi connectivity index (χ1n) is 10.6. The molecule has 0 aromatic heterocycles. The number of piperidine rings is 1. The molecule has 1 atom stereocenters. The Labute approximate surface area is 178 Å². The Hall–Kier alpha value is -2.77. The van der Waals surface area contributed by atoms with E-state index in [1.807, 2.05) is 31.2 Å². The number of likely N-dealkylation sites (tertiary alicyclic amines) is 1. The van der Waals surface area contributed by atoms with Crippen LogP contribution in [0.5, 0.6) is 5.75 Å². The minimum atomic E-state index is -0.690. The predicted molar refractivity (Wildman–Crippen MR) is 117 cm³/mol. The lowest BCUT2D eigenvalue weighted by Gasteiger charge is -2.33. The third-order valence-corrected chi connectivity index (χ3v) is 5.88. The van der Waals surface area contributed by atoms with E-state index < -0.39 is 5.54 Å². The van der Waals surface area contributed by atoms with Gasteiger partial charge < -0.3 is 20.3 Å². The number of hydrogen-bond acceptors (Lipinski definition) is 4. The van der Waals surface area contributed by atoms with E-state index in [0.717, 1.165) is 24.3 Å². The number of methoxy groups -OCH3 is 1. The number of carbonyl (C=O) groups excluding carboxylic acids is 2. The van der Waals surface area contributed by atoms with Gasteiger partial charge in [0.1, 0.15) is 11.3 Å². The molecule has 3 amide bonds. The van der Waals surface area contributed by atoms with E-state index in [-0.39, 0.29) is 23.8 Å². The van der Waals surface area contributed by atoms with Crippen LogP contribution in [0, 0.1) is 17.2 Å². The van der Waals surface area contributed by atoms with Crippen molar-refractivity contribution in [1.82, 2.24) is 15.1 Å². The second-order valence-corrected chi connectivity index (χ2v) is 8.91. The quantitative estimate of drug-likeness (QED) is 0.665. The molecule has 8 heteroatoms. The largest absolute Gasteiger partial charge is 0.497 e. The minimum Gasteiger partial charge on any atom is -0.497 e. The maximum Gasteiger partial charge on any atom is 0.321 e. The van der Waals surface area contributed by atoms with Crippen molar-refractivity contribution in [3.05, 3.63) is 24.3 Å². The summed E-state index contributed by atoms with van der Waals surface area (Å²) in [5.41, 5.74) is 0.0408. The van der Waals surface area contributed by atoms with Gasteiger partial charge >= 0.3 is 6.03 Å². The monoisotopic (exact) mass is 415 g/mol. The fraction of sp³-hybridized carbons (Fsp3) is 0.591. The predicted octanol–water partition coefficient (Wildman–Crippen LogP) is 3.11. The minimum absolute atomic E-state index is 0.0131. The van der Waals surface area contributed by atoms with Gasteiger partial charge in [-0.15, -0.1) is 0 Å². The lowest BCUT2D eigenvalue weighted by atomic mass is 9.90. The highest BCUT2D eigenvalue weighted by molar-refractivity contribution is 6.07. The van der Waals surface area contributed by atoms with Gasteiger partial charge in [-0.2, -0.15) is 0 Å². The van der Waals surface area contributed by atoms with E-state index in [2.05, 4.69) is 24.5 Å². The summed E-state index contributed by atoms with van der Waals surface area (Å²) < 4.78 is 5.13. The smallest absolute Gasteiger partial charge is 0.321 e. The molecule has 1 unspecified atom stereocenters. The fourth-order valence-corrected chi connectivity index (χ4v) is 4.36. The third-order valence-electron chi connectivity index (χ3n) is 5.88. The number of rotatable bonds is 6. The van der Waals surface area contributed by atoms with Crippen molar-refractivity contribution in [2.24, 2.45) is 11.8 Å². The molecule has 0 bridgehead atoms. The van der Waals surface area contributed by atoms with Gasteiger partial charge in [-0.3, -0.25) is 15.1 Å². The van der Waals surface area contributed by atoms with Crippen LogP contribution in [0.4, 0.5) is 10.5 Å². The molecule has 30 heavy (non-hydrogen) atoms. The highest BCUT2D eigenvalue weighted by atomic mass is 16.5. The molecule has 1 aromatic carbocycles. The van der Waals surface area contributed by atoms with Crippen molar-refractivity contribution in [2.45, 2.75) is 45.6 Å². The molecule has 0 spiro atoms. The summed E-state index contributed by atoms with van der Waals surface area (Å²) in [4.78, 5) is 28.8. The molecule has 2 aliphatic heterocycles. The van der Waals surface area contributed by atoms with Crippen LogP contribution in [-0.2, 0) is 4.79 Å². The van der Waals surface area contributed by atoms with Gasteiger partial charge in [0.2, 0.25) is 0 Å². The Bertz CT molecular complexity index is 786. The van der Waals surface area contributed by atoms with E-state index in [1.165, 1.54) is 0 Å². The van der Waals surface area contributed by atoms with E-state index in [0.29, 0.717) is 32.0 Å². The van der Waals surface area contributed by atoms with Crippen LogP contribution in [-0.4, -0.2) is 60.0 Å². The van der Waals surface area contributed by atoms with Crippen LogP contribution >= 0.6 is 0 Å². The molecule has 8 nitrogen and oxygen atoms in total. The van der Waals surface area contributed by atoms with Crippen molar-refractivity contribution in [3.8, 4) is 5.75 Å². The Morgan fingerprint density at radius 2 is 1.93 bits per heavy atom. The van der Waals surface area contributed by atoms with E-state index >= 15 is 0 Å². The summed E-state index contributed by atoms with van der Waals surface area (Å²) >= 11 is 0. The number of amides is 3. The van der Waals surface area contributed by atoms with E-state index in [9.17, 15) is 9.59 Å². The van der Waals surface area contributed by atoms with Crippen molar-refractivity contribution in [3.63, 3.8) is 0 Å². The second kappa shape index (κ2) is 8.93. The topological polar surface area (TPSA) is 97.8 Å². The zero-order valence-corrected chi connectivity index (χ0v) is 18.3. The molecule has 2 fully saturated rings. The van der Waals surface area contributed by atoms with Crippen molar-refractivity contribution in [2.75, 3.05) is 32.1 Å². The number of benzene rings is 1. The second-order valence-electron chi connectivity index (χ2n) is 8.91. The van der Waals surface area contributed by atoms with Crippen LogP contribution in [0.15, 0.2) is 24.3 Å². The first-order chi connectivity index (χ1) is 14.2. The number of carbonyl (C=O) groups is 2. The molecular weight excluding hydrogens is 382 g/mol. The van der Waals surface area contributed by atoms with Gasteiger partial charge in [0, 0.05) is 25.3 Å². The summed E-state index contributed by atoms with van der Waals surface area (Å²) in [7, 11) is 1.61. The van der Waals surface area contributed by atoms with Crippen LogP contribution < -0.4 is 15.4 Å². The molecule has 3 N–H and O–H groups in total. The van der Waals surface area contributed by atoms with E-state index in [4.69, 9.17) is 10.1 Å². The molecule has 2 aliphatic rings. The number of nitrogens with zero attached hydrogens (tertiary/aromatic N) is 2. The Morgan fingerprint density at radius 3 is 2.50 bits per heavy atom. The van der Waals surface area contributed by atoms with Gasteiger partial charge in [0.25, 0.3) is 5.91 Å². The van der Waals surface area contributed by atoms with Crippen LogP contribution in [0.25, 0.3) is 0 Å². The maximum absolute atomic E-state index is 12.9. The number of urea groups is 1. The van der Waals surface area contributed by atoms with Gasteiger partial charge in [-0.05, 0) is 62.3 Å². The first kappa shape index (κ1) is 21.9. The summed E-state index contributed by atoms with van der Waals surface area (Å²) in [6.07, 6.45) is 2.33. The Balaban J connectivity index is 1.50. The summed E-state index contributed by atoms with van der Waals surface area (Å²) in [6.45, 7) is 7.86. The van der Waals surface area contributed by atoms with Gasteiger partial charge in [-0.25, -0.2) is 4.79 Å². The number of anilines is 1. The highest BCUT2D eigenvalue weighted by Crippen LogP contribution is 2.27. The van der Waals surface area contributed by atoms with Crippen LogP contribution in [0.3, 0.4) is 0 Å². The molecule has 0 saturated carbocycles. The molecule has 2 saturated heterocycles. The summed E-state index contributed by atoms with van der Waals surface area (Å²) in [5, 5.41) is 14.2. The molecule has 2 heterocycles. The SMILES string of the molecule is COc1ccc(NC(=O)N2CCC(CN3C(=N)NC(C)(CC(C)C)C3=O)CC2)cc1. The standard InChI is InChI=1S/C22H33N5O3/c1-15(2)13-22(3)19(28)27(20(23)25-22)14-16-9-11-26(12-10-16)21(29)24-17-5-7-18(30-4)8-6-17/h5-8,15-16H,9-14H2,1-4H3,(H2,23,25)(H,24,29). The van der Waals surface area contributed by atoms with Gasteiger partial charge in [-0.1, -0.05) is 13.8 Å². The van der Waals surface area contributed by atoms with Crippen LogP contribution in [0.1, 0.15) is 40.0 Å². The zero-order chi connectivity index (χ0) is 21.9. The summed E-state index contributed by atoms with van der Waals surface area (Å²) in [5.74, 6) is 1.58. The van der Waals surface area contributed by atoms with Crippen molar-refractivity contribution < 1.29 is 14.3 Å². The average Bonchev–Trinajstić information content (AvgIpc) is 2.91. The lowest BCUT2D eigenvalue weighted by Crippen LogP contribution is -2.46. The summed E-state index contributed by atoms with van der Waals surface area (Å²) in [6, 6.07) is 7.13. The molecular formula is C22H33N5O3. The van der Waals surface area contributed by atoms with Gasteiger partial charge in [0.05, 0.1) is 7.11 Å². The number of nitrogens with one attached hydrogen (secondary N) is 3. The van der Waals surface area contributed by atoms with Crippen molar-refractivity contribution in [1.29, 1.82) is 5.41 Å². The molecule has 1 aromatic rings. The van der Waals surface area contributed by atoms with Crippen molar-refractivity contribution >= 4 is 23.6 Å². The molecule has 0 radical (unpaired) electrons. The normalized spacial score (nSPS) is 22.4. The molecule has 3 rings (SSSR count). The maximum atomic E-state index is 12.9. The number of ether oxygens (including phenoxy) is 1.